The lowest BCUT2D eigenvalue weighted by Gasteiger charge is -2.04. The molecular weight excluding hydrogens is 220 g/mol. The molecule has 0 aliphatic rings. The van der Waals surface area contributed by atoms with Crippen LogP contribution in [-0.4, -0.2) is 32.8 Å². The molecule has 2 aromatic heterocycles. The van der Waals surface area contributed by atoms with Gasteiger partial charge in [-0.25, -0.2) is 19.9 Å². The number of nitrogens with zero attached hydrogens (tertiary/aromatic N) is 4. The van der Waals surface area contributed by atoms with E-state index in [-0.39, 0.29) is 23.1 Å². The molecule has 17 heavy (non-hydrogen) atoms. The summed E-state index contributed by atoms with van der Waals surface area (Å²) in [5, 5.41) is 0. The highest BCUT2D eigenvalue weighted by molar-refractivity contribution is 6.07. The summed E-state index contributed by atoms with van der Waals surface area (Å²) in [7, 11) is 1.44. The highest BCUT2D eigenvalue weighted by Gasteiger charge is 2.18. The molecule has 0 N–H and O–H groups in total. The maximum atomic E-state index is 12.1. The molecule has 0 aliphatic heterocycles. The van der Waals surface area contributed by atoms with Crippen LogP contribution in [0.1, 0.15) is 22.0 Å². The summed E-state index contributed by atoms with van der Waals surface area (Å²) in [5.41, 5.74) is 0.421. The fraction of sp³-hybridized carbons (Fsp3) is 0.182. The molecule has 0 fully saturated rings. The fourth-order valence-electron chi connectivity index (χ4n) is 1.33. The molecule has 6 heteroatoms. The number of carbonyl (C=O) groups is 1. The first-order valence-electron chi connectivity index (χ1n) is 4.91. The highest BCUT2D eigenvalue weighted by Crippen LogP contribution is 2.14. The molecule has 0 saturated carbocycles. The van der Waals surface area contributed by atoms with E-state index in [4.69, 9.17) is 4.74 Å². The van der Waals surface area contributed by atoms with Gasteiger partial charge in [-0.05, 0) is 13.0 Å². The number of aromatic nitrogens is 4. The zero-order valence-electron chi connectivity index (χ0n) is 9.41. The SMILES string of the molecule is COc1nccnc1C(=O)c1ccnc(C)n1. The van der Waals surface area contributed by atoms with E-state index < -0.39 is 0 Å². The summed E-state index contributed by atoms with van der Waals surface area (Å²) in [6, 6.07) is 1.53. The number of ketones is 1. The Kier molecular flexibility index (Phi) is 3.04. The van der Waals surface area contributed by atoms with Crippen LogP contribution in [0.3, 0.4) is 0 Å². The molecule has 0 radical (unpaired) electrons. The number of hydrogen-bond acceptors (Lipinski definition) is 6. The number of rotatable bonds is 3. The summed E-state index contributed by atoms with van der Waals surface area (Å²) in [5.74, 6) is 0.382. The summed E-state index contributed by atoms with van der Waals surface area (Å²) in [4.78, 5) is 27.9. The molecule has 6 nitrogen and oxygen atoms in total. The van der Waals surface area contributed by atoms with Crippen LogP contribution in [0.5, 0.6) is 5.88 Å². The molecule has 0 aliphatic carbocycles. The largest absolute Gasteiger partial charge is 0.479 e. The monoisotopic (exact) mass is 230 g/mol. The minimum atomic E-state index is -0.333. The Labute approximate surface area is 97.7 Å². The minimum Gasteiger partial charge on any atom is -0.479 e. The average Bonchev–Trinajstić information content (AvgIpc) is 2.38. The lowest BCUT2D eigenvalue weighted by molar-refractivity contribution is 0.102. The van der Waals surface area contributed by atoms with Crippen molar-refractivity contribution in [3.8, 4) is 5.88 Å². The second kappa shape index (κ2) is 4.65. The maximum absolute atomic E-state index is 12.1. The van der Waals surface area contributed by atoms with Crippen molar-refractivity contribution in [2.75, 3.05) is 7.11 Å². The van der Waals surface area contributed by atoms with E-state index in [0.717, 1.165) is 0 Å². The third-order valence-corrected chi connectivity index (χ3v) is 2.08. The van der Waals surface area contributed by atoms with Crippen molar-refractivity contribution in [1.82, 2.24) is 19.9 Å². The van der Waals surface area contributed by atoms with Crippen molar-refractivity contribution in [3.05, 3.63) is 41.9 Å². The predicted octanol–water partition coefficient (Wildman–Crippen LogP) is 0.815. The lowest BCUT2D eigenvalue weighted by atomic mass is 10.2. The molecule has 0 bridgehead atoms. The number of aryl methyl sites for hydroxylation is 1. The Morgan fingerprint density at radius 1 is 1.18 bits per heavy atom. The molecule has 0 atom stereocenters. The first kappa shape index (κ1) is 11.1. The minimum absolute atomic E-state index is 0.146. The first-order valence-corrected chi connectivity index (χ1v) is 4.91. The second-order valence-corrected chi connectivity index (χ2v) is 3.23. The van der Waals surface area contributed by atoms with Gasteiger partial charge in [0.1, 0.15) is 11.5 Å². The molecular formula is C11H10N4O2. The smallest absolute Gasteiger partial charge is 0.243 e. The zero-order valence-corrected chi connectivity index (χ0v) is 9.41. The van der Waals surface area contributed by atoms with Crippen LogP contribution in [0.15, 0.2) is 24.7 Å². The van der Waals surface area contributed by atoms with Crippen molar-refractivity contribution in [2.24, 2.45) is 0 Å². The standard InChI is InChI=1S/C11H10N4O2/c1-7-12-4-3-8(15-7)10(16)9-11(17-2)14-6-5-13-9/h3-6H,1-2H3. The van der Waals surface area contributed by atoms with Gasteiger partial charge in [0.05, 0.1) is 7.11 Å². The van der Waals surface area contributed by atoms with Gasteiger partial charge in [-0.1, -0.05) is 0 Å². The van der Waals surface area contributed by atoms with Crippen LogP contribution < -0.4 is 4.74 Å². The molecule has 0 aromatic carbocycles. The van der Waals surface area contributed by atoms with Crippen LogP contribution in [0.25, 0.3) is 0 Å². The van der Waals surface area contributed by atoms with Gasteiger partial charge in [0.2, 0.25) is 11.7 Å². The topological polar surface area (TPSA) is 77.9 Å². The molecule has 2 heterocycles. The number of hydrogen-bond donors (Lipinski definition) is 0. The van der Waals surface area contributed by atoms with Crippen molar-refractivity contribution in [1.29, 1.82) is 0 Å². The average molecular weight is 230 g/mol. The van der Waals surface area contributed by atoms with Gasteiger partial charge in [-0.15, -0.1) is 0 Å². The van der Waals surface area contributed by atoms with Gasteiger partial charge in [-0.3, -0.25) is 4.79 Å². The van der Waals surface area contributed by atoms with Crippen LogP contribution in [0.4, 0.5) is 0 Å². The lowest BCUT2D eigenvalue weighted by Crippen LogP contribution is -2.10. The fourth-order valence-corrected chi connectivity index (χ4v) is 1.33. The van der Waals surface area contributed by atoms with Crippen molar-refractivity contribution >= 4 is 5.78 Å². The third-order valence-electron chi connectivity index (χ3n) is 2.08. The molecule has 2 aromatic rings. The van der Waals surface area contributed by atoms with E-state index in [1.54, 1.807) is 6.92 Å². The normalized spacial score (nSPS) is 10.0. The molecule has 0 amide bonds. The first-order chi connectivity index (χ1) is 8.22. The molecule has 86 valence electrons. The molecule has 0 unspecified atom stereocenters. The molecule has 2 rings (SSSR count). The zero-order chi connectivity index (χ0) is 12.3. The Bertz CT molecular complexity index is 557. The maximum Gasteiger partial charge on any atom is 0.243 e. The van der Waals surface area contributed by atoms with Crippen LogP contribution in [-0.2, 0) is 0 Å². The number of ether oxygens (including phenoxy) is 1. The summed E-state index contributed by atoms with van der Waals surface area (Å²) >= 11 is 0. The van der Waals surface area contributed by atoms with Crippen molar-refractivity contribution in [2.45, 2.75) is 6.92 Å². The van der Waals surface area contributed by atoms with Gasteiger partial charge in [-0.2, -0.15) is 0 Å². The van der Waals surface area contributed by atoms with Crippen molar-refractivity contribution in [3.63, 3.8) is 0 Å². The van der Waals surface area contributed by atoms with E-state index in [2.05, 4.69) is 19.9 Å². The quantitative estimate of drug-likeness (QED) is 0.726. The van der Waals surface area contributed by atoms with Gasteiger partial charge in [0.15, 0.2) is 5.69 Å². The van der Waals surface area contributed by atoms with Crippen LogP contribution in [0.2, 0.25) is 0 Å². The van der Waals surface area contributed by atoms with E-state index in [1.807, 2.05) is 0 Å². The van der Waals surface area contributed by atoms with Gasteiger partial charge < -0.3 is 4.74 Å². The highest BCUT2D eigenvalue weighted by atomic mass is 16.5. The Morgan fingerprint density at radius 3 is 2.65 bits per heavy atom. The Morgan fingerprint density at radius 2 is 1.94 bits per heavy atom. The van der Waals surface area contributed by atoms with E-state index >= 15 is 0 Å². The summed E-state index contributed by atoms with van der Waals surface area (Å²) < 4.78 is 4.98. The predicted molar refractivity (Wildman–Crippen MR) is 58.8 cm³/mol. The van der Waals surface area contributed by atoms with Crippen LogP contribution >= 0.6 is 0 Å². The summed E-state index contributed by atoms with van der Waals surface area (Å²) in [6.07, 6.45) is 4.42. The van der Waals surface area contributed by atoms with Crippen LogP contribution in [0, 0.1) is 6.92 Å². The van der Waals surface area contributed by atoms with Gasteiger partial charge >= 0.3 is 0 Å². The third kappa shape index (κ3) is 2.25. The summed E-state index contributed by atoms with van der Waals surface area (Å²) in [6.45, 7) is 1.71. The molecule has 0 saturated heterocycles. The second-order valence-electron chi connectivity index (χ2n) is 3.23. The Balaban J connectivity index is 2.44. The van der Waals surface area contributed by atoms with Gasteiger partial charge in [0.25, 0.3) is 0 Å². The number of methoxy groups -OCH3 is 1. The van der Waals surface area contributed by atoms with E-state index in [0.29, 0.717) is 5.82 Å². The van der Waals surface area contributed by atoms with Gasteiger partial charge in [0, 0.05) is 18.6 Å². The number of carbonyl (C=O) groups excluding carboxylic acids is 1. The Hall–Kier alpha value is -2.37. The molecule has 0 spiro atoms. The van der Waals surface area contributed by atoms with Crippen molar-refractivity contribution < 1.29 is 9.53 Å². The van der Waals surface area contributed by atoms with E-state index in [9.17, 15) is 4.79 Å². The van der Waals surface area contributed by atoms with E-state index in [1.165, 1.54) is 31.8 Å².